The number of alkyl carbamates (subject to hydrolysis) is 1. The van der Waals surface area contributed by atoms with Gasteiger partial charge in [-0.2, -0.15) is 0 Å². The van der Waals surface area contributed by atoms with Crippen LogP contribution in [0.3, 0.4) is 0 Å². The van der Waals surface area contributed by atoms with Crippen LogP contribution in [0.5, 0.6) is 0 Å². The number of hydrogen-bond donors (Lipinski definition) is 2. The minimum Gasteiger partial charge on any atom is -0.480 e. The summed E-state index contributed by atoms with van der Waals surface area (Å²) in [6.07, 6.45) is -0.637. The van der Waals surface area contributed by atoms with Crippen molar-refractivity contribution >= 4 is 18.0 Å². The number of benzene rings is 2. The van der Waals surface area contributed by atoms with Gasteiger partial charge in [-0.1, -0.05) is 68.4 Å². The summed E-state index contributed by atoms with van der Waals surface area (Å²) in [5.41, 5.74) is 1.14. The highest BCUT2D eigenvalue weighted by atomic mass is 16.6. The van der Waals surface area contributed by atoms with Gasteiger partial charge in [0.25, 0.3) is 0 Å². The fraction of sp³-hybridized carbons (Fsp3) is 0.464. The normalized spacial score (nSPS) is 20.8. The van der Waals surface area contributed by atoms with E-state index in [1.807, 2.05) is 54.6 Å². The lowest BCUT2D eigenvalue weighted by molar-refractivity contribution is -0.149. The molecule has 0 saturated carbocycles. The minimum absolute atomic E-state index is 0.0448. The molecule has 8 heteroatoms. The third-order valence-corrected chi connectivity index (χ3v) is 6.41. The number of carbonyl (C=O) groups is 3. The van der Waals surface area contributed by atoms with Gasteiger partial charge < -0.3 is 24.8 Å². The zero-order chi connectivity index (χ0) is 26.7. The van der Waals surface area contributed by atoms with Gasteiger partial charge in [0, 0.05) is 13.5 Å². The van der Waals surface area contributed by atoms with Crippen molar-refractivity contribution in [3.8, 4) is 11.1 Å². The van der Waals surface area contributed by atoms with E-state index in [4.69, 9.17) is 9.47 Å². The predicted octanol–water partition coefficient (Wildman–Crippen LogP) is 4.43. The molecule has 36 heavy (non-hydrogen) atoms. The first-order chi connectivity index (χ1) is 16.9. The van der Waals surface area contributed by atoms with E-state index in [-0.39, 0.29) is 18.9 Å². The van der Waals surface area contributed by atoms with Crippen molar-refractivity contribution in [1.82, 2.24) is 10.2 Å². The summed E-state index contributed by atoms with van der Waals surface area (Å²) in [4.78, 5) is 39.6. The molecule has 0 unspecified atom stereocenters. The van der Waals surface area contributed by atoms with Gasteiger partial charge in [-0.05, 0) is 43.4 Å². The maximum Gasteiger partial charge on any atom is 0.408 e. The Hall–Kier alpha value is -3.39. The Kier molecular flexibility index (Phi) is 8.09. The summed E-state index contributed by atoms with van der Waals surface area (Å²) in [5.74, 6) is -1.90. The first kappa shape index (κ1) is 27.2. The molecule has 1 heterocycles. The number of likely N-dealkylation sites (tertiary alicyclic amines) is 1. The van der Waals surface area contributed by atoms with E-state index >= 15 is 0 Å². The van der Waals surface area contributed by atoms with Crippen LogP contribution in [0, 0.1) is 5.92 Å². The van der Waals surface area contributed by atoms with Gasteiger partial charge in [0.2, 0.25) is 5.91 Å². The number of carboxylic acids is 1. The van der Waals surface area contributed by atoms with Crippen molar-refractivity contribution in [3.05, 3.63) is 60.2 Å². The maximum absolute atomic E-state index is 13.6. The van der Waals surface area contributed by atoms with Gasteiger partial charge in [0.1, 0.15) is 23.3 Å². The number of amides is 2. The molecule has 3 atom stereocenters. The topological polar surface area (TPSA) is 105 Å². The molecule has 1 fully saturated rings. The summed E-state index contributed by atoms with van der Waals surface area (Å²) in [6.45, 7) is 8.82. The first-order valence-corrected chi connectivity index (χ1v) is 12.1. The van der Waals surface area contributed by atoms with Crippen molar-refractivity contribution < 1.29 is 29.0 Å². The van der Waals surface area contributed by atoms with Crippen LogP contribution in [-0.2, 0) is 24.7 Å². The van der Waals surface area contributed by atoms with Gasteiger partial charge in [-0.3, -0.25) is 4.79 Å². The first-order valence-electron chi connectivity index (χ1n) is 12.1. The van der Waals surface area contributed by atoms with Gasteiger partial charge in [0.05, 0.1) is 6.54 Å². The van der Waals surface area contributed by atoms with Crippen LogP contribution in [0.25, 0.3) is 11.1 Å². The predicted molar refractivity (Wildman–Crippen MR) is 136 cm³/mol. The van der Waals surface area contributed by atoms with E-state index in [0.29, 0.717) is 0 Å². The van der Waals surface area contributed by atoms with Gasteiger partial charge in [-0.15, -0.1) is 0 Å². The molecule has 2 amide bonds. The molecule has 0 bridgehead atoms. The third kappa shape index (κ3) is 6.05. The second-order valence-corrected chi connectivity index (χ2v) is 10.5. The van der Waals surface area contributed by atoms with Crippen molar-refractivity contribution in [3.63, 3.8) is 0 Å². The number of carbonyl (C=O) groups excluding carboxylic acids is 2. The number of nitrogens with one attached hydrogen (secondary N) is 1. The van der Waals surface area contributed by atoms with Crippen LogP contribution < -0.4 is 5.32 Å². The average Bonchev–Trinajstić information content (AvgIpc) is 3.23. The second-order valence-electron chi connectivity index (χ2n) is 10.5. The van der Waals surface area contributed by atoms with Crippen LogP contribution in [-0.4, -0.2) is 59.3 Å². The summed E-state index contributed by atoms with van der Waals surface area (Å²) in [7, 11) is 1.52. The zero-order valence-corrected chi connectivity index (χ0v) is 21.8. The summed E-state index contributed by atoms with van der Waals surface area (Å²) < 4.78 is 11.2. The Bertz CT molecular complexity index is 1080. The highest BCUT2D eigenvalue weighted by molar-refractivity contribution is 5.90. The molecule has 2 aromatic carbocycles. The summed E-state index contributed by atoms with van der Waals surface area (Å²) in [6, 6.07) is 15.6. The Morgan fingerprint density at radius 3 is 2.11 bits per heavy atom. The molecule has 0 spiro atoms. The molecule has 2 aromatic rings. The quantitative estimate of drug-likeness (QED) is 0.588. The monoisotopic (exact) mass is 496 g/mol. The Morgan fingerprint density at radius 1 is 1.03 bits per heavy atom. The van der Waals surface area contributed by atoms with Crippen molar-refractivity contribution in [1.29, 1.82) is 0 Å². The molecule has 194 valence electrons. The Balaban J connectivity index is 1.88. The second kappa shape index (κ2) is 10.7. The van der Waals surface area contributed by atoms with E-state index in [2.05, 4.69) is 5.32 Å². The van der Waals surface area contributed by atoms with Crippen LogP contribution >= 0.6 is 0 Å². The Morgan fingerprint density at radius 2 is 1.61 bits per heavy atom. The van der Waals surface area contributed by atoms with Gasteiger partial charge in [0.15, 0.2) is 0 Å². The maximum atomic E-state index is 13.6. The molecule has 8 nitrogen and oxygen atoms in total. The van der Waals surface area contributed by atoms with E-state index in [9.17, 15) is 19.5 Å². The van der Waals surface area contributed by atoms with Crippen LogP contribution in [0.15, 0.2) is 54.6 Å². The standard InChI is InChI=1S/C28H36N2O6/c1-18(2)23(29-26(34)36-27(3,4)5)24(31)30-17-28(35-6,16-22(30)25(32)33)21-14-12-20(13-15-21)19-10-8-7-9-11-19/h7-15,18,22-23H,16-17H2,1-6H3,(H,29,34)(H,32,33)/t22-,23-,28-/m0/s1. The minimum atomic E-state index is -1.12. The van der Waals surface area contributed by atoms with E-state index < -0.39 is 41.3 Å². The summed E-state index contributed by atoms with van der Waals surface area (Å²) >= 11 is 0. The number of carboxylic acid groups (broad SMARTS) is 1. The highest BCUT2D eigenvalue weighted by Crippen LogP contribution is 2.40. The zero-order valence-electron chi connectivity index (χ0n) is 21.8. The van der Waals surface area contributed by atoms with Crippen molar-refractivity contribution in [2.24, 2.45) is 5.92 Å². The Labute approximate surface area is 212 Å². The molecular weight excluding hydrogens is 460 g/mol. The van der Waals surface area contributed by atoms with Crippen LogP contribution in [0.1, 0.15) is 46.6 Å². The number of methoxy groups -OCH3 is 1. The van der Waals surface area contributed by atoms with Crippen LogP contribution in [0.2, 0.25) is 0 Å². The number of ether oxygens (including phenoxy) is 2. The molecule has 0 radical (unpaired) electrons. The molecule has 2 N–H and O–H groups in total. The van der Waals surface area contributed by atoms with Gasteiger partial charge >= 0.3 is 12.1 Å². The summed E-state index contributed by atoms with van der Waals surface area (Å²) in [5, 5.41) is 12.6. The van der Waals surface area contributed by atoms with Crippen molar-refractivity contribution in [2.45, 2.75) is 64.3 Å². The lowest BCUT2D eigenvalue weighted by Gasteiger charge is -2.31. The number of nitrogens with zero attached hydrogens (tertiary/aromatic N) is 1. The van der Waals surface area contributed by atoms with E-state index in [1.54, 1.807) is 34.6 Å². The van der Waals surface area contributed by atoms with E-state index in [0.717, 1.165) is 16.7 Å². The average molecular weight is 497 g/mol. The highest BCUT2D eigenvalue weighted by Gasteiger charge is 2.51. The fourth-order valence-corrected chi connectivity index (χ4v) is 4.52. The molecule has 1 saturated heterocycles. The fourth-order valence-electron chi connectivity index (χ4n) is 4.52. The van der Waals surface area contributed by atoms with Crippen molar-refractivity contribution in [2.75, 3.05) is 13.7 Å². The number of hydrogen-bond acceptors (Lipinski definition) is 5. The number of rotatable bonds is 7. The molecule has 0 aromatic heterocycles. The van der Waals surface area contributed by atoms with Gasteiger partial charge in [-0.25, -0.2) is 9.59 Å². The van der Waals surface area contributed by atoms with Crippen LogP contribution in [0.4, 0.5) is 4.79 Å². The molecular formula is C28H36N2O6. The SMILES string of the molecule is CO[C@@]1(c2ccc(-c3ccccc3)cc2)C[C@@H](C(=O)O)N(C(=O)[C@@H](NC(=O)OC(C)(C)C)C(C)C)C1. The van der Waals surface area contributed by atoms with E-state index in [1.165, 1.54) is 12.0 Å². The molecule has 1 aliphatic rings. The molecule has 0 aliphatic carbocycles. The molecule has 1 aliphatic heterocycles. The lowest BCUT2D eigenvalue weighted by Crippen LogP contribution is -2.54. The lowest BCUT2D eigenvalue weighted by atomic mass is 9.89. The third-order valence-electron chi connectivity index (χ3n) is 6.41. The smallest absolute Gasteiger partial charge is 0.408 e. The largest absolute Gasteiger partial charge is 0.480 e. The molecule has 3 rings (SSSR count). The number of aliphatic carboxylic acids is 1.